The number of rotatable bonds is 2. The van der Waals surface area contributed by atoms with Gasteiger partial charge in [0.15, 0.2) is 11.6 Å². The van der Waals surface area contributed by atoms with Crippen molar-refractivity contribution in [1.29, 1.82) is 0 Å². The predicted octanol–water partition coefficient (Wildman–Crippen LogP) is 2.10. The predicted molar refractivity (Wildman–Crippen MR) is 72.5 cm³/mol. The molecule has 0 spiro atoms. The smallest absolute Gasteiger partial charge is 0.259 e. The van der Waals surface area contributed by atoms with E-state index in [1.54, 1.807) is 0 Å². The second-order valence-corrected chi connectivity index (χ2v) is 4.63. The minimum atomic E-state index is -1.13. The highest BCUT2D eigenvalue weighted by atomic mass is 19.2. The van der Waals surface area contributed by atoms with Crippen LogP contribution >= 0.6 is 0 Å². The largest absolute Gasteiger partial charge is 0.322 e. The van der Waals surface area contributed by atoms with Gasteiger partial charge in [0, 0.05) is 11.3 Å². The molecule has 0 atom stereocenters. The Balaban J connectivity index is 1.86. The highest BCUT2D eigenvalue weighted by molar-refractivity contribution is 6.22. The number of amides is 3. The molecule has 0 radical (unpaired) electrons. The average Bonchev–Trinajstić information content (AvgIpc) is 2.76. The summed E-state index contributed by atoms with van der Waals surface area (Å²) in [7, 11) is 0. The Bertz CT molecular complexity index is 834. The monoisotopic (exact) mass is 302 g/mol. The number of fused-ring (bicyclic) bond motifs is 1. The van der Waals surface area contributed by atoms with E-state index in [4.69, 9.17) is 0 Å². The summed E-state index contributed by atoms with van der Waals surface area (Å²) in [5, 5.41) is 4.58. The van der Waals surface area contributed by atoms with Crippen molar-refractivity contribution in [2.24, 2.45) is 0 Å². The fourth-order valence-electron chi connectivity index (χ4n) is 2.09. The zero-order valence-corrected chi connectivity index (χ0v) is 10.9. The molecule has 2 aromatic carbocycles. The van der Waals surface area contributed by atoms with Gasteiger partial charge in [-0.1, -0.05) is 0 Å². The minimum Gasteiger partial charge on any atom is -0.322 e. The molecule has 2 aromatic rings. The first-order valence-corrected chi connectivity index (χ1v) is 6.22. The third-order valence-corrected chi connectivity index (χ3v) is 3.18. The van der Waals surface area contributed by atoms with Crippen LogP contribution in [0.25, 0.3) is 0 Å². The Morgan fingerprint density at radius 1 is 0.909 bits per heavy atom. The summed E-state index contributed by atoms with van der Waals surface area (Å²) in [5.41, 5.74) is 0.558. The third-order valence-electron chi connectivity index (χ3n) is 3.18. The van der Waals surface area contributed by atoms with Crippen LogP contribution in [0.3, 0.4) is 0 Å². The molecule has 3 rings (SSSR count). The van der Waals surface area contributed by atoms with Crippen LogP contribution in [0.1, 0.15) is 31.1 Å². The lowest BCUT2D eigenvalue weighted by molar-refractivity contribution is 0.0878. The van der Waals surface area contributed by atoms with E-state index in [0.29, 0.717) is 0 Å². The number of carbonyl (C=O) groups excluding carboxylic acids is 3. The van der Waals surface area contributed by atoms with Gasteiger partial charge in [0.2, 0.25) is 0 Å². The van der Waals surface area contributed by atoms with Crippen molar-refractivity contribution in [2.75, 3.05) is 5.32 Å². The Hall–Kier alpha value is -3.09. The first-order valence-electron chi connectivity index (χ1n) is 6.22. The maximum atomic E-state index is 13.1. The van der Waals surface area contributed by atoms with Gasteiger partial charge in [0.25, 0.3) is 17.7 Å². The number of anilines is 1. The molecule has 0 aromatic heterocycles. The van der Waals surface area contributed by atoms with Crippen molar-refractivity contribution in [1.82, 2.24) is 5.32 Å². The van der Waals surface area contributed by atoms with Crippen molar-refractivity contribution in [3.63, 3.8) is 0 Å². The van der Waals surface area contributed by atoms with Crippen molar-refractivity contribution < 1.29 is 23.2 Å². The van der Waals surface area contributed by atoms with Crippen LogP contribution in [0, 0.1) is 11.6 Å². The number of benzene rings is 2. The van der Waals surface area contributed by atoms with Crippen LogP contribution < -0.4 is 10.6 Å². The summed E-state index contributed by atoms with van der Waals surface area (Å²) in [4.78, 5) is 34.9. The number of hydrogen-bond donors (Lipinski definition) is 2. The fourth-order valence-corrected chi connectivity index (χ4v) is 2.09. The Morgan fingerprint density at radius 2 is 1.64 bits per heavy atom. The standard InChI is InChI=1S/C15H8F2N2O3/c16-11-4-1-7(5-12(11)17)13(20)18-8-2-3-9-10(6-8)15(22)19-14(9)21/h1-6H,(H,18,20)(H,19,21,22). The van der Waals surface area contributed by atoms with Gasteiger partial charge in [-0.2, -0.15) is 0 Å². The molecule has 2 N–H and O–H groups in total. The number of nitrogens with one attached hydrogen (secondary N) is 2. The lowest BCUT2D eigenvalue weighted by Crippen LogP contribution is -2.19. The first-order chi connectivity index (χ1) is 10.5. The van der Waals surface area contributed by atoms with E-state index >= 15 is 0 Å². The summed E-state index contributed by atoms with van der Waals surface area (Å²) < 4.78 is 25.9. The molecule has 5 nitrogen and oxygen atoms in total. The zero-order chi connectivity index (χ0) is 15.9. The summed E-state index contributed by atoms with van der Waals surface area (Å²) in [6.07, 6.45) is 0. The van der Waals surface area contributed by atoms with E-state index in [-0.39, 0.29) is 22.4 Å². The molecule has 0 aliphatic carbocycles. The van der Waals surface area contributed by atoms with Gasteiger partial charge < -0.3 is 5.32 Å². The Kier molecular flexibility index (Phi) is 3.17. The van der Waals surface area contributed by atoms with Gasteiger partial charge in [-0.3, -0.25) is 19.7 Å². The maximum Gasteiger partial charge on any atom is 0.259 e. The topological polar surface area (TPSA) is 75.3 Å². The van der Waals surface area contributed by atoms with E-state index in [0.717, 1.165) is 18.2 Å². The van der Waals surface area contributed by atoms with Crippen LogP contribution in [-0.2, 0) is 0 Å². The summed E-state index contributed by atoms with van der Waals surface area (Å²) in [6.45, 7) is 0. The fraction of sp³-hybridized carbons (Fsp3) is 0. The SMILES string of the molecule is O=C(Nc1ccc2c(c1)C(=O)NC2=O)c1ccc(F)c(F)c1. The molecule has 0 saturated heterocycles. The molecule has 3 amide bonds. The molecule has 1 aliphatic heterocycles. The molecule has 0 unspecified atom stereocenters. The molecule has 0 bridgehead atoms. The highest BCUT2D eigenvalue weighted by Gasteiger charge is 2.26. The highest BCUT2D eigenvalue weighted by Crippen LogP contribution is 2.21. The summed E-state index contributed by atoms with van der Waals surface area (Å²) >= 11 is 0. The Morgan fingerprint density at radius 3 is 2.36 bits per heavy atom. The number of carbonyl (C=O) groups is 3. The van der Waals surface area contributed by atoms with Gasteiger partial charge in [0.1, 0.15) is 0 Å². The van der Waals surface area contributed by atoms with E-state index in [2.05, 4.69) is 10.6 Å². The quantitative estimate of drug-likeness (QED) is 0.834. The Labute approximate surface area is 122 Å². The molecule has 7 heteroatoms. The lowest BCUT2D eigenvalue weighted by atomic mass is 10.1. The van der Waals surface area contributed by atoms with Crippen LogP contribution in [0.2, 0.25) is 0 Å². The molecule has 1 heterocycles. The number of halogens is 2. The van der Waals surface area contributed by atoms with Gasteiger partial charge in [-0.25, -0.2) is 8.78 Å². The van der Waals surface area contributed by atoms with E-state index < -0.39 is 29.4 Å². The normalized spacial score (nSPS) is 12.8. The molecule has 0 saturated carbocycles. The molecule has 110 valence electrons. The molecule has 1 aliphatic rings. The van der Waals surface area contributed by atoms with Crippen LogP contribution in [-0.4, -0.2) is 17.7 Å². The van der Waals surface area contributed by atoms with Crippen LogP contribution in [0.15, 0.2) is 36.4 Å². The lowest BCUT2D eigenvalue weighted by Gasteiger charge is -2.06. The minimum absolute atomic E-state index is 0.0695. The van der Waals surface area contributed by atoms with Crippen molar-refractivity contribution in [3.8, 4) is 0 Å². The van der Waals surface area contributed by atoms with Crippen molar-refractivity contribution in [2.45, 2.75) is 0 Å². The molecular formula is C15H8F2N2O3. The second-order valence-electron chi connectivity index (χ2n) is 4.63. The number of hydrogen-bond acceptors (Lipinski definition) is 3. The van der Waals surface area contributed by atoms with Gasteiger partial charge in [-0.05, 0) is 36.4 Å². The second kappa shape index (κ2) is 5.03. The first kappa shape index (κ1) is 13.9. The van der Waals surface area contributed by atoms with E-state index in [1.807, 2.05) is 0 Å². The molecule has 0 fully saturated rings. The average molecular weight is 302 g/mol. The van der Waals surface area contributed by atoms with E-state index in [1.165, 1.54) is 18.2 Å². The summed E-state index contributed by atoms with van der Waals surface area (Å²) in [5.74, 6) is -3.90. The maximum absolute atomic E-state index is 13.1. The van der Waals surface area contributed by atoms with Gasteiger partial charge in [0.05, 0.1) is 11.1 Å². The molecular weight excluding hydrogens is 294 g/mol. The van der Waals surface area contributed by atoms with E-state index in [9.17, 15) is 23.2 Å². The zero-order valence-electron chi connectivity index (χ0n) is 10.9. The molecule has 22 heavy (non-hydrogen) atoms. The van der Waals surface area contributed by atoms with Gasteiger partial charge >= 0.3 is 0 Å². The van der Waals surface area contributed by atoms with Crippen LogP contribution in [0.5, 0.6) is 0 Å². The number of imide groups is 1. The summed E-state index contributed by atoms with van der Waals surface area (Å²) in [6, 6.07) is 6.93. The van der Waals surface area contributed by atoms with Crippen LogP contribution in [0.4, 0.5) is 14.5 Å². The van der Waals surface area contributed by atoms with Crippen molar-refractivity contribution >= 4 is 23.4 Å². The third kappa shape index (κ3) is 2.32. The van der Waals surface area contributed by atoms with Crippen molar-refractivity contribution in [3.05, 3.63) is 64.7 Å². The van der Waals surface area contributed by atoms with Gasteiger partial charge in [-0.15, -0.1) is 0 Å².